The summed E-state index contributed by atoms with van der Waals surface area (Å²) < 4.78 is 15.1. The largest absolute Gasteiger partial charge is 0.290 e. The van der Waals surface area contributed by atoms with Crippen LogP contribution in [0.5, 0.6) is 0 Å². The van der Waals surface area contributed by atoms with Gasteiger partial charge in [0.25, 0.3) is 0 Å². The number of hydrogen-bond acceptors (Lipinski definition) is 4. The molecule has 0 radical (unpaired) electrons. The number of rotatable bonds is 5. The molecule has 2 heterocycles. The van der Waals surface area contributed by atoms with Crippen molar-refractivity contribution in [2.75, 3.05) is 13.1 Å². The highest BCUT2D eigenvalue weighted by molar-refractivity contribution is 5.25. The number of benzene rings is 2. The highest BCUT2D eigenvalue weighted by Crippen LogP contribution is 2.31. The minimum atomic E-state index is -0.236. The summed E-state index contributed by atoms with van der Waals surface area (Å²) in [6.07, 6.45) is 2.37. The zero-order valence-corrected chi connectivity index (χ0v) is 15.5. The molecule has 0 aliphatic carbocycles. The van der Waals surface area contributed by atoms with Crippen LogP contribution in [0.4, 0.5) is 4.39 Å². The van der Waals surface area contributed by atoms with E-state index in [1.54, 1.807) is 12.1 Å². The second-order valence-electron chi connectivity index (χ2n) is 7.35. The molecule has 4 rings (SSSR count). The van der Waals surface area contributed by atoms with Gasteiger partial charge in [0.2, 0.25) is 0 Å². The standard InChI is InChI=1S/C21H24FN5/c1-16-11-13-26(14-12-16)20(18-5-3-2-4-6-18)21-23-24-25-27(21)15-17-7-9-19(22)10-8-17/h2-10,16,20H,11-15H2,1H3/t20-/m0/s1. The third-order valence-corrected chi connectivity index (χ3v) is 5.35. The van der Waals surface area contributed by atoms with Gasteiger partial charge in [0.15, 0.2) is 5.82 Å². The van der Waals surface area contributed by atoms with Gasteiger partial charge in [0.05, 0.1) is 12.6 Å². The van der Waals surface area contributed by atoms with Crippen LogP contribution >= 0.6 is 0 Å². The van der Waals surface area contributed by atoms with Crippen LogP contribution in [0.25, 0.3) is 0 Å². The highest BCUT2D eigenvalue weighted by Gasteiger charge is 2.30. The van der Waals surface area contributed by atoms with Crippen molar-refractivity contribution in [1.29, 1.82) is 0 Å². The van der Waals surface area contributed by atoms with Gasteiger partial charge in [-0.25, -0.2) is 9.07 Å². The predicted molar refractivity (Wildman–Crippen MR) is 102 cm³/mol. The average Bonchev–Trinajstić information content (AvgIpc) is 3.14. The van der Waals surface area contributed by atoms with Gasteiger partial charge in [-0.3, -0.25) is 4.90 Å². The van der Waals surface area contributed by atoms with Gasteiger partial charge in [-0.1, -0.05) is 49.4 Å². The van der Waals surface area contributed by atoms with Gasteiger partial charge in [0.1, 0.15) is 5.82 Å². The number of halogens is 1. The topological polar surface area (TPSA) is 46.8 Å². The summed E-state index contributed by atoms with van der Waals surface area (Å²) in [7, 11) is 0. The molecular formula is C21H24FN5. The zero-order valence-electron chi connectivity index (χ0n) is 15.5. The molecule has 5 nitrogen and oxygen atoms in total. The third kappa shape index (κ3) is 4.06. The average molecular weight is 365 g/mol. The van der Waals surface area contributed by atoms with Gasteiger partial charge in [-0.2, -0.15) is 0 Å². The second kappa shape index (κ2) is 7.96. The van der Waals surface area contributed by atoms with Crippen LogP contribution in [-0.2, 0) is 6.54 Å². The molecule has 0 spiro atoms. The van der Waals surface area contributed by atoms with Crippen LogP contribution in [0.1, 0.15) is 42.8 Å². The van der Waals surface area contributed by atoms with Crippen LogP contribution in [-0.4, -0.2) is 38.2 Å². The first-order valence-electron chi connectivity index (χ1n) is 9.50. The number of likely N-dealkylation sites (tertiary alicyclic amines) is 1. The zero-order chi connectivity index (χ0) is 18.6. The Hall–Kier alpha value is -2.60. The number of piperidine rings is 1. The summed E-state index contributed by atoms with van der Waals surface area (Å²) in [5, 5.41) is 12.6. The lowest BCUT2D eigenvalue weighted by atomic mass is 9.95. The maximum atomic E-state index is 13.2. The Morgan fingerprint density at radius 2 is 1.74 bits per heavy atom. The first-order chi connectivity index (χ1) is 13.2. The molecule has 3 aromatic rings. The Morgan fingerprint density at radius 3 is 2.44 bits per heavy atom. The van der Waals surface area contributed by atoms with Crippen LogP contribution in [0.2, 0.25) is 0 Å². The van der Waals surface area contributed by atoms with Crippen molar-refractivity contribution >= 4 is 0 Å². The fraction of sp³-hybridized carbons (Fsp3) is 0.381. The Labute approximate surface area is 158 Å². The van der Waals surface area contributed by atoms with Crippen molar-refractivity contribution in [3.05, 3.63) is 77.4 Å². The molecule has 1 fully saturated rings. The van der Waals surface area contributed by atoms with Crippen molar-refractivity contribution in [2.45, 2.75) is 32.4 Å². The van der Waals surface area contributed by atoms with E-state index in [4.69, 9.17) is 0 Å². The summed E-state index contributed by atoms with van der Waals surface area (Å²) in [6, 6.07) is 16.9. The van der Waals surface area contributed by atoms with E-state index in [0.29, 0.717) is 6.54 Å². The third-order valence-electron chi connectivity index (χ3n) is 5.35. The van der Waals surface area contributed by atoms with Gasteiger partial charge in [-0.05, 0) is 65.5 Å². The van der Waals surface area contributed by atoms with Crippen molar-refractivity contribution in [2.24, 2.45) is 5.92 Å². The molecule has 0 bridgehead atoms. The minimum Gasteiger partial charge on any atom is -0.290 e. The number of hydrogen-bond donors (Lipinski definition) is 0. The molecule has 0 saturated carbocycles. The Kier molecular flexibility index (Phi) is 5.25. The minimum absolute atomic E-state index is 0.0224. The number of tetrazole rings is 1. The van der Waals surface area contributed by atoms with E-state index in [1.807, 2.05) is 10.7 Å². The van der Waals surface area contributed by atoms with E-state index in [0.717, 1.165) is 30.4 Å². The maximum Gasteiger partial charge on any atom is 0.173 e. The molecule has 1 aliphatic rings. The monoisotopic (exact) mass is 365 g/mol. The fourth-order valence-electron chi connectivity index (χ4n) is 3.73. The molecule has 0 amide bonds. The molecule has 0 unspecified atom stereocenters. The van der Waals surface area contributed by atoms with E-state index < -0.39 is 0 Å². The van der Waals surface area contributed by atoms with Crippen molar-refractivity contribution < 1.29 is 4.39 Å². The smallest absolute Gasteiger partial charge is 0.173 e. The Morgan fingerprint density at radius 1 is 1.04 bits per heavy atom. The first-order valence-corrected chi connectivity index (χ1v) is 9.50. The molecule has 27 heavy (non-hydrogen) atoms. The summed E-state index contributed by atoms with van der Waals surface area (Å²) in [4.78, 5) is 2.47. The van der Waals surface area contributed by atoms with Crippen molar-refractivity contribution in [1.82, 2.24) is 25.1 Å². The molecule has 1 aromatic heterocycles. The molecule has 140 valence electrons. The van der Waals surface area contributed by atoms with Gasteiger partial charge < -0.3 is 0 Å². The van der Waals surface area contributed by atoms with Crippen LogP contribution in [0, 0.1) is 11.7 Å². The molecule has 1 atom stereocenters. The van der Waals surface area contributed by atoms with Crippen LogP contribution in [0.15, 0.2) is 54.6 Å². The van der Waals surface area contributed by atoms with E-state index in [1.165, 1.54) is 30.5 Å². The van der Waals surface area contributed by atoms with E-state index in [2.05, 4.69) is 51.6 Å². The van der Waals surface area contributed by atoms with Gasteiger partial charge >= 0.3 is 0 Å². The quantitative estimate of drug-likeness (QED) is 0.692. The molecule has 1 aliphatic heterocycles. The lowest BCUT2D eigenvalue weighted by Gasteiger charge is -2.36. The highest BCUT2D eigenvalue weighted by atomic mass is 19.1. The number of aromatic nitrogens is 4. The lowest BCUT2D eigenvalue weighted by Crippen LogP contribution is -2.38. The summed E-state index contributed by atoms with van der Waals surface area (Å²) >= 11 is 0. The maximum absolute atomic E-state index is 13.2. The van der Waals surface area contributed by atoms with Gasteiger partial charge in [-0.15, -0.1) is 5.10 Å². The molecule has 6 heteroatoms. The summed E-state index contributed by atoms with van der Waals surface area (Å²) in [6.45, 7) is 4.90. The van der Waals surface area contributed by atoms with E-state index >= 15 is 0 Å². The van der Waals surface area contributed by atoms with Gasteiger partial charge in [0, 0.05) is 0 Å². The molecule has 0 N–H and O–H groups in total. The lowest BCUT2D eigenvalue weighted by molar-refractivity contribution is 0.150. The summed E-state index contributed by atoms with van der Waals surface area (Å²) in [5.41, 5.74) is 2.17. The predicted octanol–water partition coefficient (Wildman–Crippen LogP) is 3.68. The summed E-state index contributed by atoms with van der Waals surface area (Å²) in [5.74, 6) is 1.35. The van der Waals surface area contributed by atoms with E-state index in [9.17, 15) is 4.39 Å². The molecule has 2 aromatic carbocycles. The van der Waals surface area contributed by atoms with Crippen LogP contribution < -0.4 is 0 Å². The van der Waals surface area contributed by atoms with Crippen LogP contribution in [0.3, 0.4) is 0 Å². The first kappa shape index (κ1) is 17.8. The SMILES string of the molecule is CC1CCN([C@@H](c2ccccc2)c2nnnn2Cc2ccc(F)cc2)CC1. The molecular weight excluding hydrogens is 341 g/mol. The fourth-order valence-corrected chi connectivity index (χ4v) is 3.73. The molecule has 1 saturated heterocycles. The second-order valence-corrected chi connectivity index (χ2v) is 7.35. The van der Waals surface area contributed by atoms with E-state index in [-0.39, 0.29) is 11.9 Å². The van der Waals surface area contributed by atoms with Crippen molar-refractivity contribution in [3.8, 4) is 0 Å². The Bertz CT molecular complexity index is 854. The van der Waals surface area contributed by atoms with Crippen molar-refractivity contribution in [3.63, 3.8) is 0 Å². The number of nitrogens with zero attached hydrogens (tertiary/aromatic N) is 5. The normalized spacial score (nSPS) is 17.1. The Balaban J connectivity index is 1.66.